The Morgan fingerprint density at radius 3 is 2.76 bits per heavy atom. The summed E-state index contributed by atoms with van der Waals surface area (Å²) in [6.07, 6.45) is 1.80. The van der Waals surface area contributed by atoms with Gasteiger partial charge in [0.2, 0.25) is 0 Å². The number of hydrogen-bond donors (Lipinski definition) is 1. The monoisotopic (exact) mass is 337 g/mol. The van der Waals surface area contributed by atoms with Gasteiger partial charge in [-0.2, -0.15) is 0 Å². The maximum atomic E-state index is 12.3. The summed E-state index contributed by atoms with van der Waals surface area (Å²) in [6.45, 7) is 4.27. The molecule has 0 unspecified atom stereocenters. The van der Waals surface area contributed by atoms with Gasteiger partial charge in [0, 0.05) is 31.2 Å². The average molecular weight is 337 g/mol. The number of ether oxygens (including phenoxy) is 1. The number of fused-ring (bicyclic) bond motifs is 1. The van der Waals surface area contributed by atoms with Crippen LogP contribution in [0.5, 0.6) is 0 Å². The van der Waals surface area contributed by atoms with Crippen molar-refractivity contribution in [2.75, 3.05) is 31.6 Å². The van der Waals surface area contributed by atoms with E-state index in [0.717, 1.165) is 43.8 Å². The van der Waals surface area contributed by atoms with E-state index in [9.17, 15) is 4.79 Å². The third-order valence-corrected chi connectivity index (χ3v) is 4.23. The van der Waals surface area contributed by atoms with Crippen molar-refractivity contribution in [3.8, 4) is 0 Å². The summed E-state index contributed by atoms with van der Waals surface area (Å²) in [7, 11) is 0. The van der Waals surface area contributed by atoms with Crippen LogP contribution in [0.3, 0.4) is 0 Å². The molecule has 0 aliphatic carbocycles. The minimum Gasteiger partial charge on any atom is -0.451 e. The van der Waals surface area contributed by atoms with Crippen molar-refractivity contribution in [3.05, 3.63) is 60.0 Å². The first-order valence-electron chi connectivity index (χ1n) is 8.33. The molecule has 3 aromatic rings. The fourth-order valence-electron chi connectivity index (χ4n) is 2.88. The molecule has 1 fully saturated rings. The summed E-state index contributed by atoms with van der Waals surface area (Å²) in [5, 5.41) is 3.68. The number of nitrogens with one attached hydrogen (secondary N) is 1. The van der Waals surface area contributed by atoms with Crippen molar-refractivity contribution >= 4 is 22.7 Å². The lowest BCUT2D eigenvalue weighted by molar-refractivity contribution is 0.0341. The minimum absolute atomic E-state index is 0.278. The van der Waals surface area contributed by atoms with E-state index in [1.165, 1.54) is 0 Å². The van der Waals surface area contributed by atoms with Crippen LogP contribution in [0.25, 0.3) is 11.0 Å². The number of carbonyl (C=O) groups is 1. The largest absolute Gasteiger partial charge is 0.451 e. The van der Waals surface area contributed by atoms with E-state index in [1.54, 1.807) is 12.3 Å². The summed E-state index contributed by atoms with van der Waals surface area (Å²) in [6, 6.07) is 13.1. The highest BCUT2D eigenvalue weighted by Gasteiger charge is 2.14. The quantitative estimate of drug-likeness (QED) is 0.793. The number of para-hydroxylation sites is 1. The van der Waals surface area contributed by atoms with Crippen LogP contribution in [0.1, 0.15) is 16.1 Å². The number of anilines is 1. The van der Waals surface area contributed by atoms with E-state index in [-0.39, 0.29) is 11.7 Å². The number of morpholine rings is 1. The van der Waals surface area contributed by atoms with E-state index in [0.29, 0.717) is 11.4 Å². The zero-order valence-corrected chi connectivity index (χ0v) is 13.8. The smallest absolute Gasteiger partial charge is 0.292 e. The van der Waals surface area contributed by atoms with Gasteiger partial charge >= 0.3 is 0 Å². The van der Waals surface area contributed by atoms with Crippen LogP contribution < -0.4 is 5.32 Å². The van der Waals surface area contributed by atoms with Gasteiger partial charge in [-0.3, -0.25) is 9.69 Å². The molecule has 0 atom stereocenters. The Morgan fingerprint density at radius 2 is 2.00 bits per heavy atom. The molecule has 6 heteroatoms. The molecule has 0 bridgehead atoms. The van der Waals surface area contributed by atoms with Crippen LogP contribution >= 0.6 is 0 Å². The fourth-order valence-corrected chi connectivity index (χ4v) is 2.88. The van der Waals surface area contributed by atoms with Gasteiger partial charge in [-0.25, -0.2) is 4.98 Å². The Bertz CT molecular complexity index is 834. The highest BCUT2D eigenvalue weighted by Crippen LogP contribution is 2.19. The van der Waals surface area contributed by atoms with Gasteiger partial charge in [0.15, 0.2) is 5.76 Å². The summed E-state index contributed by atoms with van der Waals surface area (Å²) < 4.78 is 10.9. The first-order valence-corrected chi connectivity index (χ1v) is 8.33. The number of benzene rings is 1. The summed E-state index contributed by atoms with van der Waals surface area (Å²) in [5.41, 5.74) is 1.81. The molecule has 3 heterocycles. The Balaban J connectivity index is 1.40. The lowest BCUT2D eigenvalue weighted by Crippen LogP contribution is -2.35. The van der Waals surface area contributed by atoms with E-state index < -0.39 is 0 Å². The second kappa shape index (κ2) is 7.04. The van der Waals surface area contributed by atoms with E-state index in [1.807, 2.05) is 36.4 Å². The standard InChI is InChI=1S/C19H19N3O3/c23-19(17-11-15-3-1-2-4-16(15)25-17)21-18-6-5-14(12-20-18)13-22-7-9-24-10-8-22/h1-6,11-12H,7-10,13H2,(H,20,21,23). The van der Waals surface area contributed by atoms with E-state index in [2.05, 4.69) is 15.2 Å². The molecule has 0 spiro atoms. The Hall–Kier alpha value is -2.70. The second-order valence-corrected chi connectivity index (χ2v) is 6.04. The molecule has 1 saturated heterocycles. The Kier molecular flexibility index (Phi) is 4.45. The number of aromatic nitrogens is 1. The topological polar surface area (TPSA) is 67.6 Å². The molecule has 2 aromatic heterocycles. The lowest BCUT2D eigenvalue weighted by atomic mass is 10.2. The molecule has 4 rings (SSSR count). The third-order valence-electron chi connectivity index (χ3n) is 4.23. The van der Waals surface area contributed by atoms with Gasteiger partial charge in [-0.1, -0.05) is 24.3 Å². The zero-order chi connectivity index (χ0) is 17.1. The predicted octanol–water partition coefficient (Wildman–Crippen LogP) is 2.91. The minimum atomic E-state index is -0.301. The van der Waals surface area contributed by atoms with E-state index in [4.69, 9.17) is 9.15 Å². The molecule has 1 N–H and O–H groups in total. The number of pyridine rings is 1. The Morgan fingerprint density at radius 1 is 1.16 bits per heavy atom. The van der Waals surface area contributed by atoms with Gasteiger partial charge in [0.05, 0.1) is 13.2 Å². The van der Waals surface area contributed by atoms with Gasteiger partial charge in [-0.05, 0) is 23.8 Å². The van der Waals surface area contributed by atoms with E-state index >= 15 is 0 Å². The SMILES string of the molecule is O=C(Nc1ccc(CN2CCOCC2)cn1)c1cc2ccccc2o1. The van der Waals surface area contributed by atoms with Crippen molar-refractivity contribution in [3.63, 3.8) is 0 Å². The molecule has 6 nitrogen and oxygen atoms in total. The molecular formula is C19H19N3O3. The summed E-state index contributed by atoms with van der Waals surface area (Å²) in [4.78, 5) is 19.0. The highest BCUT2D eigenvalue weighted by atomic mass is 16.5. The first kappa shape index (κ1) is 15.8. The van der Waals surface area contributed by atoms with Crippen LogP contribution in [0.15, 0.2) is 53.1 Å². The molecular weight excluding hydrogens is 318 g/mol. The van der Waals surface area contributed by atoms with Crippen LogP contribution in [-0.4, -0.2) is 42.1 Å². The van der Waals surface area contributed by atoms with Crippen LogP contribution in [-0.2, 0) is 11.3 Å². The lowest BCUT2D eigenvalue weighted by Gasteiger charge is -2.26. The molecule has 1 aromatic carbocycles. The van der Waals surface area contributed by atoms with Gasteiger partial charge in [0.25, 0.3) is 5.91 Å². The maximum Gasteiger partial charge on any atom is 0.292 e. The number of hydrogen-bond acceptors (Lipinski definition) is 5. The number of nitrogens with zero attached hydrogens (tertiary/aromatic N) is 2. The third kappa shape index (κ3) is 3.70. The van der Waals surface area contributed by atoms with Crippen molar-refractivity contribution in [2.24, 2.45) is 0 Å². The predicted molar refractivity (Wildman–Crippen MR) is 94.5 cm³/mol. The molecule has 25 heavy (non-hydrogen) atoms. The molecule has 1 aliphatic rings. The zero-order valence-electron chi connectivity index (χ0n) is 13.8. The van der Waals surface area contributed by atoms with Crippen LogP contribution in [0, 0.1) is 0 Å². The molecule has 1 aliphatic heterocycles. The fraction of sp³-hybridized carbons (Fsp3) is 0.263. The molecule has 0 radical (unpaired) electrons. The van der Waals surface area contributed by atoms with Crippen molar-refractivity contribution in [1.82, 2.24) is 9.88 Å². The normalized spacial score (nSPS) is 15.4. The highest BCUT2D eigenvalue weighted by molar-refractivity contribution is 6.04. The number of amides is 1. The van der Waals surface area contributed by atoms with Gasteiger partial charge in [-0.15, -0.1) is 0 Å². The van der Waals surface area contributed by atoms with Gasteiger partial charge < -0.3 is 14.5 Å². The molecule has 0 saturated carbocycles. The number of rotatable bonds is 4. The summed E-state index contributed by atoms with van der Waals surface area (Å²) in [5.74, 6) is 0.487. The van der Waals surface area contributed by atoms with Crippen LogP contribution in [0.4, 0.5) is 5.82 Å². The first-order chi connectivity index (χ1) is 12.3. The molecule has 1 amide bonds. The Labute approximate surface area is 145 Å². The van der Waals surface area contributed by atoms with Crippen molar-refractivity contribution < 1.29 is 13.9 Å². The average Bonchev–Trinajstić information content (AvgIpc) is 3.09. The second-order valence-electron chi connectivity index (χ2n) is 6.04. The molecule has 128 valence electrons. The van der Waals surface area contributed by atoms with Gasteiger partial charge in [0.1, 0.15) is 11.4 Å². The maximum absolute atomic E-state index is 12.3. The van der Waals surface area contributed by atoms with Crippen molar-refractivity contribution in [2.45, 2.75) is 6.54 Å². The summed E-state index contributed by atoms with van der Waals surface area (Å²) >= 11 is 0. The number of furan rings is 1. The van der Waals surface area contributed by atoms with Crippen molar-refractivity contribution in [1.29, 1.82) is 0 Å². The number of carbonyl (C=O) groups excluding carboxylic acids is 1. The van der Waals surface area contributed by atoms with Crippen LogP contribution in [0.2, 0.25) is 0 Å².